The van der Waals surface area contributed by atoms with Gasteiger partial charge in [0.15, 0.2) is 5.13 Å². The molecule has 0 spiro atoms. The van der Waals surface area contributed by atoms with Gasteiger partial charge in [0.25, 0.3) is 0 Å². The normalized spacial score (nSPS) is 10.8. The minimum Gasteiger partial charge on any atom is -0.477 e. The minimum absolute atomic E-state index is 0.162. The first-order valence-corrected chi connectivity index (χ1v) is 5.71. The first-order chi connectivity index (χ1) is 8.16. The molecule has 17 heavy (non-hydrogen) atoms. The van der Waals surface area contributed by atoms with Gasteiger partial charge >= 0.3 is 5.97 Å². The van der Waals surface area contributed by atoms with E-state index >= 15 is 0 Å². The molecule has 0 atom stereocenters. The number of carbonyl (C=O) groups is 1. The first kappa shape index (κ1) is 11.3. The average Bonchev–Trinajstić information content (AvgIpc) is 2.69. The van der Waals surface area contributed by atoms with E-state index in [1.54, 1.807) is 12.2 Å². The number of carboxylic acids is 1. The third-order valence-corrected chi connectivity index (χ3v) is 2.99. The second-order valence-electron chi connectivity index (χ2n) is 3.32. The average molecular weight is 246 g/mol. The van der Waals surface area contributed by atoms with Crippen LogP contribution in [0.4, 0.5) is 5.13 Å². The van der Waals surface area contributed by atoms with Crippen molar-refractivity contribution in [3.05, 3.63) is 46.5 Å². The Morgan fingerprint density at radius 2 is 2.00 bits per heavy atom. The lowest BCUT2D eigenvalue weighted by molar-refractivity contribution is 0.0701. The highest BCUT2D eigenvalue weighted by atomic mass is 32.1. The maximum absolute atomic E-state index is 10.9. The van der Waals surface area contributed by atoms with E-state index in [1.807, 2.05) is 30.3 Å². The second kappa shape index (κ2) is 4.80. The van der Waals surface area contributed by atoms with Crippen molar-refractivity contribution in [1.29, 1.82) is 0 Å². The molecule has 5 heteroatoms. The van der Waals surface area contributed by atoms with Crippen LogP contribution in [0, 0.1) is 0 Å². The summed E-state index contributed by atoms with van der Waals surface area (Å²) in [6.07, 6.45) is 3.46. The fourth-order valence-electron chi connectivity index (χ4n) is 1.35. The van der Waals surface area contributed by atoms with Gasteiger partial charge in [-0.25, -0.2) is 9.78 Å². The predicted octanol–water partition coefficient (Wildman–Crippen LogP) is 2.59. The Morgan fingerprint density at radius 3 is 2.65 bits per heavy atom. The van der Waals surface area contributed by atoms with Crippen LogP contribution >= 0.6 is 11.3 Å². The van der Waals surface area contributed by atoms with Crippen molar-refractivity contribution < 1.29 is 9.90 Å². The molecule has 2 rings (SSSR count). The molecule has 86 valence electrons. The SMILES string of the molecule is Nc1nc(/C=C/c2ccccc2)c(C(=O)O)s1. The molecular formula is C12H10N2O2S. The Balaban J connectivity index is 2.30. The van der Waals surface area contributed by atoms with Gasteiger partial charge < -0.3 is 10.8 Å². The van der Waals surface area contributed by atoms with Gasteiger partial charge in [0, 0.05) is 0 Å². The van der Waals surface area contributed by atoms with Crippen molar-refractivity contribution in [3.8, 4) is 0 Å². The van der Waals surface area contributed by atoms with Crippen LogP contribution in [-0.4, -0.2) is 16.1 Å². The zero-order chi connectivity index (χ0) is 12.3. The number of hydrogen-bond donors (Lipinski definition) is 2. The highest BCUT2D eigenvalue weighted by Gasteiger charge is 2.13. The van der Waals surface area contributed by atoms with Crippen LogP contribution in [0.2, 0.25) is 0 Å². The monoisotopic (exact) mass is 246 g/mol. The Labute approximate surface area is 102 Å². The van der Waals surface area contributed by atoms with E-state index in [4.69, 9.17) is 10.8 Å². The molecule has 0 amide bonds. The molecule has 0 saturated carbocycles. The molecule has 0 radical (unpaired) electrons. The molecule has 2 aromatic rings. The lowest BCUT2D eigenvalue weighted by atomic mass is 10.2. The highest BCUT2D eigenvalue weighted by molar-refractivity contribution is 7.17. The topological polar surface area (TPSA) is 76.2 Å². The largest absolute Gasteiger partial charge is 0.477 e. The van der Waals surface area contributed by atoms with Crippen molar-refractivity contribution in [2.75, 3.05) is 5.73 Å². The van der Waals surface area contributed by atoms with Crippen molar-refractivity contribution >= 4 is 34.6 Å². The number of aromatic carboxylic acids is 1. The molecule has 4 nitrogen and oxygen atoms in total. The summed E-state index contributed by atoms with van der Waals surface area (Å²) < 4.78 is 0. The standard InChI is InChI=1S/C12H10N2O2S/c13-12-14-9(10(17-12)11(15)16)7-6-8-4-2-1-3-5-8/h1-7H,(H2,13,14)(H,15,16)/b7-6+. The highest BCUT2D eigenvalue weighted by Crippen LogP contribution is 2.22. The maximum atomic E-state index is 10.9. The molecule has 0 saturated heterocycles. The Morgan fingerprint density at radius 1 is 1.29 bits per heavy atom. The van der Waals surface area contributed by atoms with Crippen LogP contribution in [0.3, 0.4) is 0 Å². The molecule has 1 aromatic carbocycles. The van der Waals surface area contributed by atoms with Crippen LogP contribution < -0.4 is 5.73 Å². The molecule has 0 aliphatic heterocycles. The van der Waals surface area contributed by atoms with E-state index in [2.05, 4.69) is 4.98 Å². The Bertz CT molecular complexity index is 561. The minimum atomic E-state index is -1.01. The zero-order valence-corrected chi connectivity index (χ0v) is 9.65. The summed E-state index contributed by atoms with van der Waals surface area (Å²) in [5, 5.41) is 9.22. The summed E-state index contributed by atoms with van der Waals surface area (Å²) in [4.78, 5) is 15.1. The van der Waals surface area contributed by atoms with Crippen molar-refractivity contribution in [1.82, 2.24) is 4.98 Å². The predicted molar refractivity (Wildman–Crippen MR) is 68.9 cm³/mol. The summed E-state index contributed by atoms with van der Waals surface area (Å²) in [7, 11) is 0. The molecule has 1 heterocycles. The van der Waals surface area contributed by atoms with Gasteiger partial charge in [0.05, 0.1) is 5.69 Å². The summed E-state index contributed by atoms with van der Waals surface area (Å²) in [5.41, 5.74) is 6.87. The van der Waals surface area contributed by atoms with E-state index in [1.165, 1.54) is 0 Å². The molecular weight excluding hydrogens is 236 g/mol. The smallest absolute Gasteiger partial charge is 0.348 e. The maximum Gasteiger partial charge on any atom is 0.348 e. The van der Waals surface area contributed by atoms with Crippen LogP contribution in [-0.2, 0) is 0 Å². The molecule has 0 fully saturated rings. The number of hydrogen-bond acceptors (Lipinski definition) is 4. The van der Waals surface area contributed by atoms with E-state index in [9.17, 15) is 4.79 Å². The summed E-state index contributed by atoms with van der Waals surface area (Å²) in [5.74, 6) is -1.01. The number of rotatable bonds is 3. The number of nitrogens with two attached hydrogens (primary N) is 1. The lowest BCUT2D eigenvalue weighted by Gasteiger charge is -1.92. The van der Waals surface area contributed by atoms with Crippen molar-refractivity contribution in [2.24, 2.45) is 0 Å². The van der Waals surface area contributed by atoms with Gasteiger partial charge in [-0.15, -0.1) is 0 Å². The molecule has 0 bridgehead atoms. The number of aromatic nitrogens is 1. The Kier molecular flexibility index (Phi) is 3.20. The van der Waals surface area contributed by atoms with Crippen LogP contribution in [0.5, 0.6) is 0 Å². The number of anilines is 1. The van der Waals surface area contributed by atoms with Crippen LogP contribution in [0.1, 0.15) is 20.9 Å². The van der Waals surface area contributed by atoms with Crippen LogP contribution in [0.25, 0.3) is 12.2 Å². The van der Waals surface area contributed by atoms with E-state index in [0.29, 0.717) is 5.69 Å². The van der Waals surface area contributed by atoms with E-state index < -0.39 is 5.97 Å². The summed E-state index contributed by atoms with van der Waals surface area (Å²) in [6.45, 7) is 0. The fraction of sp³-hybridized carbons (Fsp3) is 0. The van der Waals surface area contributed by atoms with E-state index in [0.717, 1.165) is 16.9 Å². The quantitative estimate of drug-likeness (QED) is 0.872. The number of nitrogen functional groups attached to an aromatic ring is 1. The van der Waals surface area contributed by atoms with Gasteiger partial charge in [-0.2, -0.15) is 0 Å². The number of nitrogens with zero attached hydrogens (tertiary/aromatic N) is 1. The molecule has 3 N–H and O–H groups in total. The summed E-state index contributed by atoms with van der Waals surface area (Å²) in [6, 6.07) is 9.58. The summed E-state index contributed by atoms with van der Waals surface area (Å²) >= 11 is 0.973. The van der Waals surface area contributed by atoms with Crippen molar-refractivity contribution in [2.45, 2.75) is 0 Å². The molecule has 0 unspecified atom stereocenters. The van der Waals surface area contributed by atoms with Crippen molar-refractivity contribution in [3.63, 3.8) is 0 Å². The van der Waals surface area contributed by atoms with Gasteiger partial charge in [0.1, 0.15) is 4.88 Å². The van der Waals surface area contributed by atoms with Gasteiger partial charge in [-0.05, 0) is 11.6 Å². The molecule has 1 aromatic heterocycles. The fourth-order valence-corrected chi connectivity index (χ4v) is 2.01. The zero-order valence-electron chi connectivity index (χ0n) is 8.83. The molecule has 0 aliphatic rings. The third kappa shape index (κ3) is 2.70. The van der Waals surface area contributed by atoms with Crippen LogP contribution in [0.15, 0.2) is 30.3 Å². The van der Waals surface area contributed by atoms with Gasteiger partial charge in [-0.3, -0.25) is 0 Å². The second-order valence-corrected chi connectivity index (χ2v) is 4.35. The van der Waals surface area contributed by atoms with E-state index in [-0.39, 0.29) is 10.0 Å². The number of carboxylic acid groups (broad SMARTS) is 1. The Hall–Kier alpha value is -2.14. The van der Waals surface area contributed by atoms with Gasteiger partial charge in [0.2, 0.25) is 0 Å². The van der Waals surface area contributed by atoms with Gasteiger partial charge in [-0.1, -0.05) is 47.7 Å². The first-order valence-electron chi connectivity index (χ1n) is 4.89. The molecule has 0 aliphatic carbocycles. The number of thiazole rings is 1. The third-order valence-electron chi connectivity index (χ3n) is 2.10. The number of benzene rings is 1. The lowest BCUT2D eigenvalue weighted by Crippen LogP contribution is -1.94.